The summed E-state index contributed by atoms with van der Waals surface area (Å²) in [5, 5.41) is 11.8. The predicted molar refractivity (Wildman–Crippen MR) is 70.4 cm³/mol. The Bertz CT molecular complexity index is 480. The number of nitrogens with two attached hydrogens (primary N) is 1. The second-order valence-electron chi connectivity index (χ2n) is 4.57. The zero-order chi connectivity index (χ0) is 13.8. The second kappa shape index (κ2) is 5.97. The predicted octanol–water partition coefficient (Wildman–Crippen LogP) is 2.06. The molecule has 1 aliphatic carbocycles. The molecular formula is C12H16ClN3O3. The minimum atomic E-state index is -0.287. The van der Waals surface area contributed by atoms with Crippen LogP contribution >= 0.6 is 11.6 Å². The van der Waals surface area contributed by atoms with E-state index in [1.54, 1.807) is 4.90 Å². The highest BCUT2D eigenvalue weighted by Gasteiger charge is 2.29. The van der Waals surface area contributed by atoms with Crippen LogP contribution in [0, 0.1) is 0 Å². The fourth-order valence-electron chi connectivity index (χ4n) is 2.36. The molecule has 0 aromatic carbocycles. The first-order chi connectivity index (χ1) is 9.11. The first-order valence-corrected chi connectivity index (χ1v) is 6.52. The minimum Gasteiger partial charge on any atom is -0.440 e. The summed E-state index contributed by atoms with van der Waals surface area (Å²) >= 11 is 5.68. The van der Waals surface area contributed by atoms with Gasteiger partial charge < -0.3 is 20.3 Å². The molecule has 0 unspecified atom stereocenters. The molecule has 2 rings (SSSR count). The molecule has 7 heteroatoms. The molecule has 6 nitrogen and oxygen atoms in total. The molecule has 19 heavy (non-hydrogen) atoms. The molecule has 0 aliphatic heterocycles. The maximum atomic E-state index is 12.4. The molecule has 1 amide bonds. The van der Waals surface area contributed by atoms with Crippen molar-refractivity contribution in [2.45, 2.75) is 31.7 Å². The molecule has 0 radical (unpaired) electrons. The summed E-state index contributed by atoms with van der Waals surface area (Å²) in [6.07, 6.45) is 3.98. The molecule has 1 saturated carbocycles. The number of halogens is 1. The van der Waals surface area contributed by atoms with Gasteiger partial charge in [0, 0.05) is 6.04 Å². The normalized spacial score (nSPS) is 16.8. The molecule has 1 aliphatic rings. The summed E-state index contributed by atoms with van der Waals surface area (Å²) in [4.78, 5) is 14.0. The number of nitrogens with zero attached hydrogens (tertiary/aromatic N) is 2. The van der Waals surface area contributed by atoms with Gasteiger partial charge in [-0.1, -0.05) is 18.0 Å². The quantitative estimate of drug-likeness (QED) is 0.383. The number of amides is 1. The lowest BCUT2D eigenvalue weighted by Gasteiger charge is -2.27. The number of carbonyl (C=O) groups excluding carboxylic acids is 1. The molecule has 0 saturated heterocycles. The van der Waals surface area contributed by atoms with Crippen LogP contribution in [0.15, 0.2) is 21.7 Å². The molecule has 0 atom stereocenters. The van der Waals surface area contributed by atoms with E-state index in [1.165, 1.54) is 12.1 Å². The average Bonchev–Trinajstić information content (AvgIpc) is 3.05. The van der Waals surface area contributed by atoms with E-state index in [2.05, 4.69) is 5.16 Å². The van der Waals surface area contributed by atoms with Gasteiger partial charge in [0.25, 0.3) is 5.91 Å². The summed E-state index contributed by atoms with van der Waals surface area (Å²) in [5.41, 5.74) is 5.51. The van der Waals surface area contributed by atoms with Crippen LogP contribution in [-0.4, -0.2) is 34.4 Å². The van der Waals surface area contributed by atoms with E-state index in [-0.39, 0.29) is 35.3 Å². The van der Waals surface area contributed by atoms with Gasteiger partial charge in [-0.05, 0) is 36.6 Å². The maximum Gasteiger partial charge on any atom is 0.290 e. The van der Waals surface area contributed by atoms with E-state index in [0.717, 1.165) is 25.7 Å². The van der Waals surface area contributed by atoms with Crippen LogP contribution in [0.25, 0.3) is 0 Å². The number of oxime groups is 1. The van der Waals surface area contributed by atoms with Crippen molar-refractivity contribution in [1.82, 2.24) is 4.90 Å². The lowest BCUT2D eigenvalue weighted by Crippen LogP contribution is -2.44. The Kier molecular flexibility index (Phi) is 4.31. The summed E-state index contributed by atoms with van der Waals surface area (Å²) in [6, 6.07) is 3.14. The van der Waals surface area contributed by atoms with Gasteiger partial charge >= 0.3 is 0 Å². The van der Waals surface area contributed by atoms with Gasteiger partial charge in [-0.25, -0.2) is 0 Å². The Labute approximate surface area is 115 Å². The van der Waals surface area contributed by atoms with Crippen molar-refractivity contribution in [2.75, 3.05) is 6.54 Å². The van der Waals surface area contributed by atoms with Crippen LogP contribution in [0.1, 0.15) is 36.2 Å². The molecule has 104 valence electrons. The fraction of sp³-hybridized carbons (Fsp3) is 0.500. The molecule has 0 spiro atoms. The van der Waals surface area contributed by atoms with E-state index < -0.39 is 0 Å². The number of rotatable bonds is 4. The van der Waals surface area contributed by atoms with Crippen LogP contribution in [0.5, 0.6) is 0 Å². The van der Waals surface area contributed by atoms with Gasteiger partial charge in [0.1, 0.15) is 0 Å². The number of carbonyl (C=O) groups is 1. The summed E-state index contributed by atoms with van der Waals surface area (Å²) in [5.74, 6) is -0.119. The first-order valence-electron chi connectivity index (χ1n) is 6.14. The highest BCUT2D eigenvalue weighted by Crippen LogP contribution is 2.25. The monoisotopic (exact) mass is 285 g/mol. The number of furan rings is 1. The highest BCUT2D eigenvalue weighted by molar-refractivity contribution is 6.29. The molecule has 0 bridgehead atoms. The first kappa shape index (κ1) is 13.7. The van der Waals surface area contributed by atoms with Gasteiger partial charge in [0.2, 0.25) is 0 Å². The molecule has 1 fully saturated rings. The van der Waals surface area contributed by atoms with Crippen molar-refractivity contribution < 1.29 is 14.4 Å². The van der Waals surface area contributed by atoms with E-state index in [1.807, 2.05) is 0 Å². The Hall–Kier alpha value is -1.69. The van der Waals surface area contributed by atoms with Crippen molar-refractivity contribution in [3.8, 4) is 0 Å². The SMILES string of the molecule is N/C(CN(C(=O)c1ccc(Cl)o1)C1CCCC1)=N/O. The van der Waals surface area contributed by atoms with Crippen LogP contribution in [0.3, 0.4) is 0 Å². The smallest absolute Gasteiger partial charge is 0.290 e. The van der Waals surface area contributed by atoms with Gasteiger partial charge in [0.15, 0.2) is 16.8 Å². The van der Waals surface area contributed by atoms with Gasteiger partial charge in [-0.2, -0.15) is 0 Å². The van der Waals surface area contributed by atoms with Crippen molar-refractivity contribution in [1.29, 1.82) is 0 Å². The van der Waals surface area contributed by atoms with E-state index in [4.69, 9.17) is 27.0 Å². The molecule has 1 aromatic heterocycles. The summed E-state index contributed by atoms with van der Waals surface area (Å²) in [7, 11) is 0. The molecule has 3 N–H and O–H groups in total. The third-order valence-corrected chi connectivity index (χ3v) is 3.47. The summed E-state index contributed by atoms with van der Waals surface area (Å²) < 4.78 is 5.13. The standard InChI is InChI=1S/C12H16ClN3O3/c13-10-6-5-9(19-10)12(17)16(7-11(14)15-18)8-3-1-2-4-8/h5-6,8,18H,1-4,7H2,(H2,14,15). The lowest BCUT2D eigenvalue weighted by atomic mass is 10.2. The number of amidine groups is 1. The van der Waals surface area contributed by atoms with Crippen LogP contribution in [0.4, 0.5) is 0 Å². The minimum absolute atomic E-state index is 0.00194. The lowest BCUT2D eigenvalue weighted by molar-refractivity contribution is 0.0680. The Morgan fingerprint density at radius 3 is 2.74 bits per heavy atom. The zero-order valence-corrected chi connectivity index (χ0v) is 11.1. The van der Waals surface area contributed by atoms with Crippen molar-refractivity contribution >= 4 is 23.3 Å². The van der Waals surface area contributed by atoms with Crippen LogP contribution in [0.2, 0.25) is 5.22 Å². The fourth-order valence-corrected chi connectivity index (χ4v) is 2.51. The van der Waals surface area contributed by atoms with Gasteiger partial charge in [-0.3, -0.25) is 4.79 Å². The van der Waals surface area contributed by atoms with E-state index >= 15 is 0 Å². The van der Waals surface area contributed by atoms with Gasteiger partial charge in [0.05, 0.1) is 6.54 Å². The molecular weight excluding hydrogens is 270 g/mol. The van der Waals surface area contributed by atoms with Crippen LogP contribution in [-0.2, 0) is 0 Å². The van der Waals surface area contributed by atoms with E-state index in [0.29, 0.717) is 0 Å². The third-order valence-electron chi connectivity index (χ3n) is 3.27. The van der Waals surface area contributed by atoms with E-state index in [9.17, 15) is 4.79 Å². The molecule has 1 heterocycles. The largest absolute Gasteiger partial charge is 0.440 e. The average molecular weight is 286 g/mol. The van der Waals surface area contributed by atoms with Crippen molar-refractivity contribution in [2.24, 2.45) is 10.9 Å². The van der Waals surface area contributed by atoms with Crippen LogP contribution < -0.4 is 5.73 Å². The number of hydrogen-bond acceptors (Lipinski definition) is 4. The highest BCUT2D eigenvalue weighted by atomic mass is 35.5. The second-order valence-corrected chi connectivity index (χ2v) is 4.94. The Balaban J connectivity index is 2.18. The topological polar surface area (TPSA) is 92.1 Å². The van der Waals surface area contributed by atoms with Gasteiger partial charge in [-0.15, -0.1) is 0 Å². The zero-order valence-electron chi connectivity index (χ0n) is 10.4. The Morgan fingerprint density at radius 2 is 2.21 bits per heavy atom. The van der Waals surface area contributed by atoms with Crippen molar-refractivity contribution in [3.05, 3.63) is 23.1 Å². The summed E-state index contributed by atoms with van der Waals surface area (Å²) in [6.45, 7) is 0.0817. The molecule has 1 aromatic rings. The number of hydrogen-bond donors (Lipinski definition) is 2. The third kappa shape index (κ3) is 3.20. The Morgan fingerprint density at radius 1 is 1.53 bits per heavy atom. The van der Waals surface area contributed by atoms with Crippen molar-refractivity contribution in [3.63, 3.8) is 0 Å². The maximum absolute atomic E-state index is 12.4.